The highest BCUT2D eigenvalue weighted by Crippen LogP contribution is 2.30. The van der Waals surface area contributed by atoms with Crippen LogP contribution in [0.5, 0.6) is 5.75 Å². The van der Waals surface area contributed by atoms with Crippen molar-refractivity contribution in [2.45, 2.75) is 19.1 Å². The van der Waals surface area contributed by atoms with Crippen LogP contribution in [0.4, 0.5) is 23.7 Å². The molecule has 0 fully saturated rings. The molecule has 0 aliphatic carbocycles. The van der Waals surface area contributed by atoms with Crippen molar-refractivity contribution in [2.75, 3.05) is 18.5 Å². The van der Waals surface area contributed by atoms with Gasteiger partial charge in [0.1, 0.15) is 12.3 Å². The molecule has 2 rings (SSSR count). The van der Waals surface area contributed by atoms with Crippen LogP contribution in [0.25, 0.3) is 0 Å². The Labute approximate surface area is 124 Å². The van der Waals surface area contributed by atoms with Crippen LogP contribution in [-0.2, 0) is 4.79 Å². The fourth-order valence-corrected chi connectivity index (χ4v) is 1.88. The molecule has 1 heterocycles. The first-order valence-corrected chi connectivity index (χ1v) is 6.42. The van der Waals surface area contributed by atoms with E-state index in [1.165, 1.54) is 0 Å². The van der Waals surface area contributed by atoms with E-state index in [9.17, 15) is 22.8 Å². The standard InChI is InChI=1S/C13H14F3N3O3/c1-7(18-12(21)17-6-13(14,15)16)8-2-3-10-9(4-8)19-11(20)5-22-10/h2-4,7H,5-6H2,1H3,(H,19,20)(H2,17,18,21). The molecule has 0 radical (unpaired) electrons. The Morgan fingerprint density at radius 1 is 1.45 bits per heavy atom. The molecule has 0 saturated heterocycles. The number of ether oxygens (including phenoxy) is 1. The summed E-state index contributed by atoms with van der Waals surface area (Å²) in [5.74, 6) is 0.199. The summed E-state index contributed by atoms with van der Waals surface area (Å²) in [5, 5.41) is 6.72. The van der Waals surface area contributed by atoms with Crippen LogP contribution in [0.2, 0.25) is 0 Å². The third-order valence-corrected chi connectivity index (χ3v) is 2.93. The molecule has 0 saturated carbocycles. The molecule has 120 valence electrons. The highest BCUT2D eigenvalue weighted by molar-refractivity contribution is 5.95. The van der Waals surface area contributed by atoms with Gasteiger partial charge in [-0.1, -0.05) is 6.07 Å². The molecule has 1 unspecified atom stereocenters. The minimum Gasteiger partial charge on any atom is -0.482 e. The van der Waals surface area contributed by atoms with Gasteiger partial charge >= 0.3 is 12.2 Å². The smallest absolute Gasteiger partial charge is 0.405 e. The van der Waals surface area contributed by atoms with Gasteiger partial charge in [0.05, 0.1) is 11.7 Å². The van der Waals surface area contributed by atoms with Crippen molar-refractivity contribution in [1.82, 2.24) is 10.6 Å². The van der Waals surface area contributed by atoms with Crippen molar-refractivity contribution < 1.29 is 27.5 Å². The zero-order valence-electron chi connectivity index (χ0n) is 11.6. The number of nitrogens with one attached hydrogen (secondary N) is 3. The lowest BCUT2D eigenvalue weighted by Gasteiger charge is -2.21. The Morgan fingerprint density at radius 3 is 2.86 bits per heavy atom. The first-order chi connectivity index (χ1) is 10.2. The number of hydrogen-bond donors (Lipinski definition) is 3. The van der Waals surface area contributed by atoms with E-state index in [-0.39, 0.29) is 12.5 Å². The van der Waals surface area contributed by atoms with Crippen LogP contribution >= 0.6 is 0 Å². The summed E-state index contributed by atoms with van der Waals surface area (Å²) in [6.45, 7) is 0.139. The van der Waals surface area contributed by atoms with Crippen LogP contribution in [0, 0.1) is 0 Å². The number of carbonyl (C=O) groups excluding carboxylic acids is 2. The van der Waals surface area contributed by atoms with E-state index >= 15 is 0 Å². The maximum absolute atomic E-state index is 12.0. The molecule has 1 atom stereocenters. The van der Waals surface area contributed by atoms with E-state index < -0.39 is 24.8 Å². The van der Waals surface area contributed by atoms with Gasteiger partial charge in [-0.15, -0.1) is 0 Å². The number of rotatable bonds is 3. The summed E-state index contributed by atoms with van der Waals surface area (Å²) < 4.78 is 41.2. The molecular formula is C13H14F3N3O3. The molecule has 9 heteroatoms. The number of fused-ring (bicyclic) bond motifs is 1. The normalized spacial score (nSPS) is 15.2. The van der Waals surface area contributed by atoms with Gasteiger partial charge in [0, 0.05) is 0 Å². The van der Waals surface area contributed by atoms with Crippen molar-refractivity contribution in [1.29, 1.82) is 0 Å². The number of halogens is 3. The maximum Gasteiger partial charge on any atom is 0.405 e. The summed E-state index contributed by atoms with van der Waals surface area (Å²) in [7, 11) is 0. The number of amides is 3. The second-order valence-corrected chi connectivity index (χ2v) is 4.76. The molecule has 1 aromatic rings. The van der Waals surface area contributed by atoms with Crippen molar-refractivity contribution in [3.63, 3.8) is 0 Å². The first-order valence-electron chi connectivity index (χ1n) is 6.42. The monoisotopic (exact) mass is 317 g/mol. The number of urea groups is 1. The van der Waals surface area contributed by atoms with Crippen molar-refractivity contribution >= 4 is 17.6 Å². The van der Waals surface area contributed by atoms with Gasteiger partial charge in [0.15, 0.2) is 6.61 Å². The third-order valence-electron chi connectivity index (χ3n) is 2.93. The molecule has 6 nitrogen and oxygen atoms in total. The van der Waals surface area contributed by atoms with Crippen LogP contribution in [-0.4, -0.2) is 31.3 Å². The summed E-state index contributed by atoms with van der Waals surface area (Å²) in [6.07, 6.45) is -4.46. The molecule has 3 amide bonds. The zero-order chi connectivity index (χ0) is 16.3. The molecule has 0 spiro atoms. The SMILES string of the molecule is CC(NC(=O)NCC(F)(F)F)c1ccc2c(c1)NC(=O)CO2. The van der Waals surface area contributed by atoms with Gasteiger partial charge in [0.2, 0.25) is 0 Å². The summed E-state index contributed by atoms with van der Waals surface area (Å²) in [4.78, 5) is 22.6. The van der Waals surface area contributed by atoms with Gasteiger partial charge in [-0.25, -0.2) is 4.79 Å². The lowest BCUT2D eigenvalue weighted by molar-refractivity contribution is -0.122. The van der Waals surface area contributed by atoms with Gasteiger partial charge < -0.3 is 20.7 Å². The predicted octanol–water partition coefficient (Wildman–Crippen LogP) is 1.94. The fraction of sp³-hybridized carbons (Fsp3) is 0.385. The van der Waals surface area contributed by atoms with E-state index in [2.05, 4.69) is 10.6 Å². The van der Waals surface area contributed by atoms with Crippen LogP contribution in [0.15, 0.2) is 18.2 Å². The van der Waals surface area contributed by atoms with Crippen molar-refractivity contribution in [3.8, 4) is 5.75 Å². The molecular weight excluding hydrogens is 303 g/mol. The third kappa shape index (κ3) is 4.27. The Kier molecular flexibility index (Phi) is 4.43. The first kappa shape index (κ1) is 15.9. The van der Waals surface area contributed by atoms with Gasteiger partial charge in [-0.05, 0) is 24.6 Å². The summed E-state index contributed by atoms with van der Waals surface area (Å²) in [5.41, 5.74) is 1.07. The van der Waals surface area contributed by atoms with E-state index in [0.29, 0.717) is 17.0 Å². The summed E-state index contributed by atoms with van der Waals surface area (Å²) >= 11 is 0. The number of benzene rings is 1. The molecule has 3 N–H and O–H groups in total. The topological polar surface area (TPSA) is 79.5 Å². The number of carbonyl (C=O) groups is 2. The number of hydrogen-bond acceptors (Lipinski definition) is 3. The average molecular weight is 317 g/mol. The van der Waals surface area contributed by atoms with Gasteiger partial charge in [0.25, 0.3) is 5.91 Å². The quantitative estimate of drug-likeness (QED) is 0.797. The predicted molar refractivity (Wildman–Crippen MR) is 71.6 cm³/mol. The minimum absolute atomic E-state index is 0.0694. The van der Waals surface area contributed by atoms with Gasteiger partial charge in [-0.2, -0.15) is 13.2 Å². The Bertz CT molecular complexity index is 590. The van der Waals surface area contributed by atoms with Gasteiger partial charge in [-0.3, -0.25) is 4.79 Å². The van der Waals surface area contributed by atoms with Crippen molar-refractivity contribution in [3.05, 3.63) is 23.8 Å². The van der Waals surface area contributed by atoms with Crippen molar-refractivity contribution in [2.24, 2.45) is 0 Å². The molecule has 22 heavy (non-hydrogen) atoms. The Balaban J connectivity index is 1.98. The summed E-state index contributed by atoms with van der Waals surface area (Å²) in [6, 6.07) is 3.40. The zero-order valence-corrected chi connectivity index (χ0v) is 11.6. The molecule has 0 bridgehead atoms. The van der Waals surface area contributed by atoms with E-state index in [1.807, 2.05) is 0 Å². The maximum atomic E-state index is 12.0. The number of anilines is 1. The molecule has 1 aliphatic rings. The Morgan fingerprint density at radius 2 is 2.18 bits per heavy atom. The number of alkyl halides is 3. The largest absolute Gasteiger partial charge is 0.482 e. The average Bonchev–Trinajstić information content (AvgIpc) is 2.43. The second kappa shape index (κ2) is 6.12. The van der Waals surface area contributed by atoms with Crippen LogP contribution < -0.4 is 20.7 Å². The lowest BCUT2D eigenvalue weighted by atomic mass is 10.1. The lowest BCUT2D eigenvalue weighted by Crippen LogP contribution is -2.41. The highest BCUT2D eigenvalue weighted by atomic mass is 19.4. The fourth-order valence-electron chi connectivity index (χ4n) is 1.88. The minimum atomic E-state index is -4.46. The van der Waals surface area contributed by atoms with E-state index in [4.69, 9.17) is 4.74 Å². The highest BCUT2D eigenvalue weighted by Gasteiger charge is 2.28. The van der Waals surface area contributed by atoms with Crippen LogP contribution in [0.3, 0.4) is 0 Å². The molecule has 1 aromatic carbocycles. The molecule has 1 aliphatic heterocycles. The second-order valence-electron chi connectivity index (χ2n) is 4.76. The van der Waals surface area contributed by atoms with E-state index in [0.717, 1.165) is 0 Å². The van der Waals surface area contributed by atoms with Crippen LogP contribution in [0.1, 0.15) is 18.5 Å². The van der Waals surface area contributed by atoms with E-state index in [1.54, 1.807) is 30.4 Å². The molecule has 0 aromatic heterocycles. The Hall–Kier alpha value is -2.45.